The maximum absolute atomic E-state index is 8.51. The third-order valence-electron chi connectivity index (χ3n) is 1.07. The second kappa shape index (κ2) is 5.52. The molecule has 1 aromatic rings. The van der Waals surface area contributed by atoms with E-state index in [1.165, 1.54) is 4.90 Å². The summed E-state index contributed by atoms with van der Waals surface area (Å²) in [5.41, 5.74) is 0. The van der Waals surface area contributed by atoms with E-state index >= 15 is 0 Å². The van der Waals surface area contributed by atoms with Gasteiger partial charge in [-0.15, -0.1) is 0 Å². The van der Waals surface area contributed by atoms with Crippen molar-refractivity contribution in [1.82, 2.24) is 0 Å². The SMILES string of the molecule is OCCSSc1ccccc1. The van der Waals surface area contributed by atoms with Gasteiger partial charge < -0.3 is 5.11 Å². The van der Waals surface area contributed by atoms with Crippen LogP contribution in [0.4, 0.5) is 0 Å². The van der Waals surface area contributed by atoms with Gasteiger partial charge in [0.1, 0.15) is 0 Å². The molecule has 0 heterocycles. The Kier molecular flexibility index (Phi) is 4.50. The molecule has 0 radical (unpaired) electrons. The fraction of sp³-hybridized carbons (Fsp3) is 0.250. The highest BCUT2D eigenvalue weighted by atomic mass is 33.1. The van der Waals surface area contributed by atoms with Crippen molar-refractivity contribution in [1.29, 1.82) is 0 Å². The lowest BCUT2D eigenvalue weighted by Gasteiger charge is -1.96. The molecule has 1 nitrogen and oxygen atoms in total. The van der Waals surface area contributed by atoms with E-state index in [-0.39, 0.29) is 6.61 Å². The second-order valence-electron chi connectivity index (χ2n) is 1.94. The van der Waals surface area contributed by atoms with E-state index in [1.807, 2.05) is 18.2 Å². The molecule has 1 aromatic carbocycles. The van der Waals surface area contributed by atoms with Gasteiger partial charge in [0.05, 0.1) is 6.61 Å². The average Bonchev–Trinajstić information content (AvgIpc) is 2.07. The third-order valence-corrected chi connectivity index (χ3v) is 3.44. The Labute approximate surface area is 74.6 Å². The first-order valence-corrected chi connectivity index (χ1v) is 5.71. The molecule has 0 aliphatic rings. The lowest BCUT2D eigenvalue weighted by Crippen LogP contribution is -1.81. The van der Waals surface area contributed by atoms with E-state index in [4.69, 9.17) is 5.11 Å². The molecule has 0 aliphatic carbocycles. The second-order valence-corrected chi connectivity index (χ2v) is 4.43. The molecule has 0 aromatic heterocycles. The minimum Gasteiger partial charge on any atom is -0.395 e. The third kappa shape index (κ3) is 3.70. The molecule has 0 amide bonds. The average molecular weight is 186 g/mol. The van der Waals surface area contributed by atoms with Crippen molar-refractivity contribution in [2.45, 2.75) is 4.90 Å². The Morgan fingerprint density at radius 1 is 1.18 bits per heavy atom. The van der Waals surface area contributed by atoms with Crippen LogP contribution >= 0.6 is 21.6 Å². The topological polar surface area (TPSA) is 20.2 Å². The highest BCUT2D eigenvalue weighted by Crippen LogP contribution is 2.29. The number of hydrogen-bond donors (Lipinski definition) is 1. The van der Waals surface area contributed by atoms with Crippen LogP contribution in [0.25, 0.3) is 0 Å². The van der Waals surface area contributed by atoms with Gasteiger partial charge in [-0.25, -0.2) is 0 Å². The van der Waals surface area contributed by atoms with Crippen molar-refractivity contribution in [2.75, 3.05) is 12.4 Å². The van der Waals surface area contributed by atoms with Crippen molar-refractivity contribution < 1.29 is 5.11 Å². The molecule has 0 saturated carbocycles. The van der Waals surface area contributed by atoms with Crippen LogP contribution in [0.15, 0.2) is 35.2 Å². The predicted molar refractivity (Wildman–Crippen MR) is 51.8 cm³/mol. The molecule has 0 saturated heterocycles. The van der Waals surface area contributed by atoms with Gasteiger partial charge in [-0.3, -0.25) is 0 Å². The predicted octanol–water partition coefficient (Wildman–Crippen LogP) is 2.42. The fourth-order valence-corrected chi connectivity index (χ4v) is 2.40. The number of aliphatic hydroxyl groups is 1. The summed E-state index contributed by atoms with van der Waals surface area (Å²) in [6, 6.07) is 10.2. The molecule has 0 fully saturated rings. The summed E-state index contributed by atoms with van der Waals surface area (Å²) in [5.74, 6) is 0.791. The van der Waals surface area contributed by atoms with E-state index in [1.54, 1.807) is 21.6 Å². The summed E-state index contributed by atoms with van der Waals surface area (Å²) in [5, 5.41) is 8.51. The van der Waals surface area contributed by atoms with E-state index in [0.717, 1.165) is 5.75 Å². The Morgan fingerprint density at radius 2 is 1.91 bits per heavy atom. The van der Waals surface area contributed by atoms with Crippen LogP contribution in [-0.4, -0.2) is 17.5 Å². The molecule has 0 bridgehead atoms. The maximum atomic E-state index is 8.51. The zero-order valence-electron chi connectivity index (χ0n) is 6.06. The molecular weight excluding hydrogens is 176 g/mol. The van der Waals surface area contributed by atoms with Gasteiger partial charge in [-0.1, -0.05) is 39.8 Å². The number of aliphatic hydroxyl groups excluding tert-OH is 1. The fourth-order valence-electron chi connectivity index (χ4n) is 0.623. The molecule has 1 N–H and O–H groups in total. The van der Waals surface area contributed by atoms with Gasteiger partial charge in [0.25, 0.3) is 0 Å². The van der Waals surface area contributed by atoms with Gasteiger partial charge in [-0.05, 0) is 12.1 Å². The summed E-state index contributed by atoms with van der Waals surface area (Å²) >= 11 is 0. The van der Waals surface area contributed by atoms with Crippen molar-refractivity contribution >= 4 is 21.6 Å². The number of rotatable bonds is 4. The van der Waals surface area contributed by atoms with Crippen LogP contribution in [-0.2, 0) is 0 Å². The van der Waals surface area contributed by atoms with Crippen molar-refractivity contribution in [3.63, 3.8) is 0 Å². The highest BCUT2D eigenvalue weighted by Gasteiger charge is 1.90. The molecule has 0 spiro atoms. The smallest absolute Gasteiger partial charge is 0.0530 e. The lowest BCUT2D eigenvalue weighted by molar-refractivity contribution is 0.323. The summed E-state index contributed by atoms with van der Waals surface area (Å²) < 4.78 is 0. The molecule has 0 aliphatic heterocycles. The molecule has 0 unspecified atom stereocenters. The normalized spacial score (nSPS) is 9.91. The van der Waals surface area contributed by atoms with E-state index in [9.17, 15) is 0 Å². The minimum absolute atomic E-state index is 0.254. The van der Waals surface area contributed by atoms with Crippen LogP contribution in [0.3, 0.4) is 0 Å². The van der Waals surface area contributed by atoms with Crippen LogP contribution in [0.2, 0.25) is 0 Å². The van der Waals surface area contributed by atoms with Crippen molar-refractivity contribution in [3.05, 3.63) is 30.3 Å². The maximum Gasteiger partial charge on any atom is 0.0530 e. The van der Waals surface area contributed by atoms with Gasteiger partial charge in [-0.2, -0.15) is 0 Å². The number of benzene rings is 1. The zero-order valence-corrected chi connectivity index (χ0v) is 7.70. The molecule has 11 heavy (non-hydrogen) atoms. The van der Waals surface area contributed by atoms with Crippen molar-refractivity contribution in [3.8, 4) is 0 Å². The first kappa shape index (κ1) is 8.97. The highest BCUT2D eigenvalue weighted by molar-refractivity contribution is 8.76. The first-order chi connectivity index (χ1) is 5.43. The molecule has 60 valence electrons. The Morgan fingerprint density at radius 3 is 2.55 bits per heavy atom. The monoisotopic (exact) mass is 186 g/mol. The van der Waals surface area contributed by atoms with E-state index in [0.29, 0.717) is 0 Å². The standard InChI is InChI=1S/C8H10OS2/c9-6-7-10-11-8-4-2-1-3-5-8/h1-5,9H,6-7H2. The Bertz CT molecular complexity index is 189. The van der Waals surface area contributed by atoms with Gasteiger partial charge >= 0.3 is 0 Å². The minimum atomic E-state index is 0.254. The van der Waals surface area contributed by atoms with Crippen LogP contribution in [0.5, 0.6) is 0 Å². The Balaban J connectivity index is 2.28. The molecule has 0 atom stereocenters. The Hall–Kier alpha value is -0.120. The lowest BCUT2D eigenvalue weighted by atomic mass is 10.4. The summed E-state index contributed by atoms with van der Waals surface area (Å²) in [6.45, 7) is 0.254. The van der Waals surface area contributed by atoms with Gasteiger partial charge in [0, 0.05) is 10.6 Å². The summed E-state index contributed by atoms with van der Waals surface area (Å²) in [4.78, 5) is 1.24. The summed E-state index contributed by atoms with van der Waals surface area (Å²) in [6.07, 6.45) is 0. The quantitative estimate of drug-likeness (QED) is 0.576. The van der Waals surface area contributed by atoms with Gasteiger partial charge in [0.15, 0.2) is 0 Å². The van der Waals surface area contributed by atoms with Crippen LogP contribution in [0, 0.1) is 0 Å². The van der Waals surface area contributed by atoms with E-state index < -0.39 is 0 Å². The molecular formula is C8H10OS2. The molecule has 1 rings (SSSR count). The van der Waals surface area contributed by atoms with Gasteiger partial charge in [0.2, 0.25) is 0 Å². The summed E-state index contributed by atoms with van der Waals surface area (Å²) in [7, 11) is 3.37. The largest absolute Gasteiger partial charge is 0.395 e. The van der Waals surface area contributed by atoms with Crippen LogP contribution < -0.4 is 0 Å². The van der Waals surface area contributed by atoms with E-state index in [2.05, 4.69) is 12.1 Å². The first-order valence-electron chi connectivity index (χ1n) is 3.39. The molecule has 3 heteroatoms. The number of hydrogen-bond acceptors (Lipinski definition) is 3. The zero-order chi connectivity index (χ0) is 7.94. The van der Waals surface area contributed by atoms with Crippen molar-refractivity contribution in [2.24, 2.45) is 0 Å². The van der Waals surface area contributed by atoms with Crippen LogP contribution in [0.1, 0.15) is 0 Å².